The number of unbranched alkanes of at least 4 members (excludes halogenated alkanes) is 1. The molecule has 180 valence electrons. The number of carbonyl (C=O) groups excluding carboxylic acids is 1. The molecule has 0 radical (unpaired) electrons. The van der Waals surface area contributed by atoms with Gasteiger partial charge < -0.3 is 10.1 Å². The minimum absolute atomic E-state index is 0.0831. The first kappa shape index (κ1) is 24.3. The Hall–Kier alpha value is -3.85. The zero-order valence-electron chi connectivity index (χ0n) is 20.2. The van der Waals surface area contributed by atoms with Gasteiger partial charge in [0.05, 0.1) is 12.3 Å². The molecule has 4 rings (SSSR count). The maximum atomic E-state index is 12.9. The van der Waals surface area contributed by atoms with Crippen LogP contribution in [-0.2, 0) is 4.79 Å². The number of carbonyl (C=O) groups is 1. The zero-order valence-corrected chi connectivity index (χ0v) is 20.2. The van der Waals surface area contributed by atoms with Crippen LogP contribution >= 0.6 is 0 Å². The lowest BCUT2D eigenvalue weighted by molar-refractivity contribution is -0.117. The second kappa shape index (κ2) is 12.0. The first-order valence-electron chi connectivity index (χ1n) is 12.5. The summed E-state index contributed by atoms with van der Waals surface area (Å²) < 4.78 is 7.68. The van der Waals surface area contributed by atoms with Crippen molar-refractivity contribution in [2.45, 2.75) is 57.9 Å². The molecule has 1 amide bonds. The van der Waals surface area contributed by atoms with Crippen LogP contribution in [0.15, 0.2) is 66.4 Å². The number of hydrogen-bond acceptors (Lipinski definition) is 4. The van der Waals surface area contributed by atoms with Crippen molar-refractivity contribution in [2.75, 3.05) is 6.61 Å². The van der Waals surface area contributed by atoms with Crippen molar-refractivity contribution in [1.82, 2.24) is 15.1 Å². The maximum Gasteiger partial charge on any atom is 0.262 e. The van der Waals surface area contributed by atoms with Crippen molar-refractivity contribution in [3.05, 3.63) is 71.9 Å². The van der Waals surface area contributed by atoms with Crippen molar-refractivity contribution >= 4 is 12.0 Å². The lowest BCUT2D eigenvalue weighted by atomic mass is 9.95. The molecule has 2 aromatic carbocycles. The van der Waals surface area contributed by atoms with Crippen LogP contribution in [0.25, 0.3) is 23.0 Å². The molecular formula is C29H32N4O2. The Labute approximate surface area is 207 Å². The molecule has 6 heteroatoms. The summed E-state index contributed by atoms with van der Waals surface area (Å²) in [5, 5.41) is 17.7. The summed E-state index contributed by atoms with van der Waals surface area (Å²) in [6.45, 7) is 2.79. The van der Waals surface area contributed by atoms with Crippen LogP contribution in [0.2, 0.25) is 0 Å². The minimum atomic E-state index is -0.325. The molecule has 1 N–H and O–H groups in total. The summed E-state index contributed by atoms with van der Waals surface area (Å²) in [5.41, 5.74) is 3.24. The lowest BCUT2D eigenvalue weighted by Crippen LogP contribution is -2.36. The number of para-hydroxylation sites is 1. The van der Waals surface area contributed by atoms with Gasteiger partial charge in [0.25, 0.3) is 5.91 Å². The van der Waals surface area contributed by atoms with Crippen LogP contribution in [0.4, 0.5) is 0 Å². The van der Waals surface area contributed by atoms with Crippen molar-refractivity contribution in [3.63, 3.8) is 0 Å². The molecule has 0 atom stereocenters. The molecule has 1 aliphatic rings. The summed E-state index contributed by atoms with van der Waals surface area (Å²) in [4.78, 5) is 12.9. The number of nitriles is 1. The van der Waals surface area contributed by atoms with E-state index in [1.165, 1.54) is 6.42 Å². The Morgan fingerprint density at radius 1 is 1.17 bits per heavy atom. The monoisotopic (exact) mass is 468 g/mol. The minimum Gasteiger partial charge on any atom is -0.494 e. The van der Waals surface area contributed by atoms with Crippen LogP contribution in [0, 0.1) is 11.3 Å². The van der Waals surface area contributed by atoms with Crippen molar-refractivity contribution < 1.29 is 9.53 Å². The fourth-order valence-electron chi connectivity index (χ4n) is 4.31. The summed E-state index contributed by atoms with van der Waals surface area (Å²) in [6, 6.07) is 19.8. The Kier molecular flexibility index (Phi) is 8.34. The number of rotatable bonds is 9. The molecule has 0 unspecified atom stereocenters. The fourth-order valence-corrected chi connectivity index (χ4v) is 4.31. The summed E-state index contributed by atoms with van der Waals surface area (Å²) in [5.74, 6) is 0.449. The van der Waals surface area contributed by atoms with Gasteiger partial charge in [-0.25, -0.2) is 4.68 Å². The van der Waals surface area contributed by atoms with Gasteiger partial charge in [-0.1, -0.05) is 62.9 Å². The van der Waals surface area contributed by atoms with E-state index in [2.05, 4.69) is 18.3 Å². The molecule has 1 fully saturated rings. The van der Waals surface area contributed by atoms with Gasteiger partial charge in [0, 0.05) is 23.4 Å². The van der Waals surface area contributed by atoms with E-state index in [-0.39, 0.29) is 17.5 Å². The molecule has 0 bridgehead atoms. The van der Waals surface area contributed by atoms with Gasteiger partial charge in [-0.15, -0.1) is 0 Å². The van der Waals surface area contributed by atoms with Gasteiger partial charge in [0.15, 0.2) is 0 Å². The third-order valence-electron chi connectivity index (χ3n) is 6.24. The number of benzene rings is 2. The summed E-state index contributed by atoms with van der Waals surface area (Å²) in [6.07, 6.45) is 10.9. The molecule has 0 spiro atoms. The highest BCUT2D eigenvalue weighted by Gasteiger charge is 2.20. The lowest BCUT2D eigenvalue weighted by Gasteiger charge is -2.22. The number of amides is 1. The molecule has 0 saturated heterocycles. The van der Waals surface area contributed by atoms with E-state index in [0.717, 1.165) is 55.5 Å². The van der Waals surface area contributed by atoms with Crippen LogP contribution in [-0.4, -0.2) is 28.3 Å². The van der Waals surface area contributed by atoms with E-state index in [9.17, 15) is 10.1 Å². The van der Waals surface area contributed by atoms with E-state index in [1.54, 1.807) is 10.8 Å². The second-order valence-corrected chi connectivity index (χ2v) is 8.92. The number of ether oxygens (including phenoxy) is 1. The number of hydrogen-bond donors (Lipinski definition) is 1. The molecule has 0 aliphatic heterocycles. The molecule has 1 heterocycles. The molecule has 6 nitrogen and oxygen atoms in total. The number of nitrogens with zero attached hydrogens (tertiary/aromatic N) is 3. The predicted octanol–water partition coefficient (Wildman–Crippen LogP) is 6.07. The van der Waals surface area contributed by atoms with Gasteiger partial charge in [0.2, 0.25) is 0 Å². The quantitative estimate of drug-likeness (QED) is 0.235. The van der Waals surface area contributed by atoms with Crippen molar-refractivity contribution in [3.8, 4) is 28.8 Å². The van der Waals surface area contributed by atoms with Gasteiger partial charge in [-0.3, -0.25) is 4.79 Å². The molecule has 35 heavy (non-hydrogen) atoms. The average molecular weight is 469 g/mol. The van der Waals surface area contributed by atoms with E-state index >= 15 is 0 Å². The molecule has 1 aliphatic carbocycles. The first-order chi connectivity index (χ1) is 17.2. The van der Waals surface area contributed by atoms with E-state index in [1.807, 2.05) is 60.8 Å². The second-order valence-electron chi connectivity index (χ2n) is 8.92. The molecule has 1 aromatic heterocycles. The largest absolute Gasteiger partial charge is 0.494 e. The highest BCUT2D eigenvalue weighted by molar-refractivity contribution is 6.02. The highest BCUT2D eigenvalue weighted by Crippen LogP contribution is 2.29. The Morgan fingerprint density at radius 3 is 2.71 bits per heavy atom. The van der Waals surface area contributed by atoms with Gasteiger partial charge in [-0.05, 0) is 49.6 Å². The number of aromatic nitrogens is 2. The van der Waals surface area contributed by atoms with E-state index in [0.29, 0.717) is 17.9 Å². The Balaban J connectivity index is 1.68. The van der Waals surface area contributed by atoms with Crippen LogP contribution in [0.1, 0.15) is 57.4 Å². The SMILES string of the molecule is CCCCOc1cccc(-c2nn(-c3ccccc3)cc2/C=C(/C#N)C(=O)NC2CCCCC2)c1. The van der Waals surface area contributed by atoms with Gasteiger partial charge in [0.1, 0.15) is 23.1 Å². The Morgan fingerprint density at radius 2 is 1.97 bits per heavy atom. The van der Waals surface area contributed by atoms with Crippen molar-refractivity contribution in [1.29, 1.82) is 5.26 Å². The topological polar surface area (TPSA) is 79.9 Å². The molecule has 3 aromatic rings. The summed E-state index contributed by atoms with van der Waals surface area (Å²) in [7, 11) is 0. The zero-order chi connectivity index (χ0) is 24.5. The van der Waals surface area contributed by atoms with Crippen LogP contribution in [0.3, 0.4) is 0 Å². The predicted molar refractivity (Wildman–Crippen MR) is 138 cm³/mol. The average Bonchev–Trinajstić information content (AvgIpc) is 3.32. The van der Waals surface area contributed by atoms with Crippen molar-refractivity contribution in [2.24, 2.45) is 0 Å². The van der Waals surface area contributed by atoms with Gasteiger partial charge in [-0.2, -0.15) is 10.4 Å². The molecular weight excluding hydrogens is 436 g/mol. The number of nitrogens with one attached hydrogen (secondary N) is 1. The van der Waals surface area contributed by atoms with Crippen LogP contribution in [0.5, 0.6) is 5.75 Å². The first-order valence-corrected chi connectivity index (χ1v) is 12.5. The molecule has 1 saturated carbocycles. The third kappa shape index (κ3) is 6.39. The standard InChI is InChI=1S/C29H32N4O2/c1-2-3-17-35-27-16-10-11-22(19-27)28-24(21-33(32-28)26-14-8-5-9-15-26)18-23(20-30)29(34)31-25-12-6-4-7-13-25/h5,8-11,14-16,18-19,21,25H,2-4,6-7,12-13,17H2,1H3,(H,31,34)/b23-18-. The third-order valence-corrected chi connectivity index (χ3v) is 6.24. The van der Waals surface area contributed by atoms with E-state index < -0.39 is 0 Å². The fraction of sp³-hybridized carbons (Fsp3) is 0.345. The van der Waals surface area contributed by atoms with E-state index in [4.69, 9.17) is 9.84 Å². The maximum absolute atomic E-state index is 12.9. The van der Waals surface area contributed by atoms with Gasteiger partial charge >= 0.3 is 0 Å². The highest BCUT2D eigenvalue weighted by atomic mass is 16.5. The normalized spacial score (nSPS) is 14.3. The Bertz CT molecular complexity index is 1200. The van der Waals surface area contributed by atoms with Crippen LogP contribution < -0.4 is 10.1 Å². The summed E-state index contributed by atoms with van der Waals surface area (Å²) >= 11 is 0. The smallest absolute Gasteiger partial charge is 0.262 e.